The van der Waals surface area contributed by atoms with Crippen molar-refractivity contribution in [1.82, 2.24) is 5.32 Å². The first kappa shape index (κ1) is 18.0. The zero-order valence-corrected chi connectivity index (χ0v) is 14.8. The van der Waals surface area contributed by atoms with Gasteiger partial charge in [0.2, 0.25) is 0 Å². The van der Waals surface area contributed by atoms with Crippen LogP contribution in [0.25, 0.3) is 0 Å². The summed E-state index contributed by atoms with van der Waals surface area (Å²) < 4.78 is 10.9. The number of fused-ring (bicyclic) bond motifs is 1. The highest BCUT2D eigenvalue weighted by Gasteiger charge is 2.31. The SMILES string of the molecule is CCOC(=O)CNC1COc2ccc(C#N)cc2C1Cc1ccccc1. The van der Waals surface area contributed by atoms with Crippen LogP contribution in [-0.4, -0.2) is 31.8 Å². The molecule has 3 rings (SSSR count). The van der Waals surface area contributed by atoms with Crippen LogP contribution in [0, 0.1) is 11.3 Å². The standard InChI is InChI=1S/C21H22N2O3/c1-2-25-21(24)13-23-19-14-26-20-9-8-16(12-22)11-18(20)17(19)10-15-6-4-3-5-7-15/h3-9,11,17,19,23H,2,10,13-14H2,1H3. The third-order valence-corrected chi connectivity index (χ3v) is 4.55. The van der Waals surface area contributed by atoms with Gasteiger partial charge in [-0.1, -0.05) is 30.3 Å². The predicted molar refractivity (Wildman–Crippen MR) is 98.0 cm³/mol. The molecule has 0 saturated carbocycles. The van der Waals surface area contributed by atoms with Crippen LogP contribution in [0.15, 0.2) is 48.5 Å². The minimum atomic E-state index is -0.275. The van der Waals surface area contributed by atoms with Crippen molar-refractivity contribution < 1.29 is 14.3 Å². The van der Waals surface area contributed by atoms with Gasteiger partial charge in [0.1, 0.15) is 12.4 Å². The van der Waals surface area contributed by atoms with Crippen molar-refractivity contribution in [3.8, 4) is 11.8 Å². The summed E-state index contributed by atoms with van der Waals surface area (Å²) in [6, 6.07) is 17.9. The van der Waals surface area contributed by atoms with Crippen molar-refractivity contribution >= 4 is 5.97 Å². The normalized spacial score (nSPS) is 18.3. The second-order valence-corrected chi connectivity index (χ2v) is 6.26. The summed E-state index contributed by atoms with van der Waals surface area (Å²) in [5.74, 6) is 0.630. The molecular formula is C21H22N2O3. The maximum Gasteiger partial charge on any atom is 0.319 e. The Bertz CT molecular complexity index is 799. The average Bonchev–Trinajstić information content (AvgIpc) is 2.68. The maximum atomic E-state index is 11.7. The highest BCUT2D eigenvalue weighted by atomic mass is 16.5. The number of hydrogen-bond donors (Lipinski definition) is 1. The molecule has 134 valence electrons. The molecular weight excluding hydrogens is 328 g/mol. The molecule has 5 nitrogen and oxygen atoms in total. The van der Waals surface area contributed by atoms with Crippen LogP contribution >= 0.6 is 0 Å². The van der Waals surface area contributed by atoms with Gasteiger partial charge in [0.15, 0.2) is 0 Å². The van der Waals surface area contributed by atoms with E-state index < -0.39 is 0 Å². The molecule has 1 aliphatic heterocycles. The van der Waals surface area contributed by atoms with Crippen LogP contribution in [0.1, 0.15) is 29.5 Å². The van der Waals surface area contributed by atoms with Gasteiger partial charge in [-0.2, -0.15) is 5.26 Å². The first-order valence-electron chi connectivity index (χ1n) is 8.81. The molecule has 0 fully saturated rings. The molecule has 1 N–H and O–H groups in total. The first-order valence-corrected chi connectivity index (χ1v) is 8.81. The van der Waals surface area contributed by atoms with E-state index in [1.165, 1.54) is 5.56 Å². The van der Waals surface area contributed by atoms with Gasteiger partial charge in [-0.3, -0.25) is 4.79 Å². The van der Waals surface area contributed by atoms with Crippen LogP contribution in [0.3, 0.4) is 0 Å². The highest BCUT2D eigenvalue weighted by Crippen LogP contribution is 2.36. The van der Waals surface area contributed by atoms with Gasteiger partial charge in [-0.15, -0.1) is 0 Å². The number of rotatable bonds is 6. The van der Waals surface area contributed by atoms with Gasteiger partial charge in [0, 0.05) is 17.5 Å². The van der Waals surface area contributed by atoms with E-state index in [0.29, 0.717) is 18.8 Å². The average molecular weight is 350 g/mol. The van der Waals surface area contributed by atoms with Crippen LogP contribution in [0.5, 0.6) is 5.75 Å². The molecule has 0 aromatic heterocycles. The van der Waals surface area contributed by atoms with Gasteiger partial charge >= 0.3 is 5.97 Å². The Morgan fingerprint density at radius 3 is 2.85 bits per heavy atom. The molecule has 0 saturated heterocycles. The Hall–Kier alpha value is -2.84. The Balaban J connectivity index is 1.86. The summed E-state index contributed by atoms with van der Waals surface area (Å²) in [6.45, 7) is 2.76. The number of carbonyl (C=O) groups is 1. The monoisotopic (exact) mass is 350 g/mol. The van der Waals surface area contributed by atoms with Crippen LogP contribution in [0.4, 0.5) is 0 Å². The molecule has 1 aliphatic rings. The number of esters is 1. The fourth-order valence-electron chi connectivity index (χ4n) is 3.30. The zero-order chi connectivity index (χ0) is 18.4. The molecule has 2 atom stereocenters. The lowest BCUT2D eigenvalue weighted by molar-refractivity contribution is -0.142. The zero-order valence-electron chi connectivity index (χ0n) is 14.8. The second-order valence-electron chi connectivity index (χ2n) is 6.26. The van der Waals surface area contributed by atoms with E-state index in [0.717, 1.165) is 17.7 Å². The largest absolute Gasteiger partial charge is 0.492 e. The van der Waals surface area contributed by atoms with Crippen LogP contribution in [-0.2, 0) is 16.0 Å². The summed E-state index contributed by atoms with van der Waals surface area (Å²) in [7, 11) is 0. The number of nitrogens with zero attached hydrogens (tertiary/aromatic N) is 1. The number of carbonyl (C=O) groups excluding carboxylic acids is 1. The Kier molecular flexibility index (Phi) is 5.88. The second kappa shape index (κ2) is 8.50. The fourth-order valence-corrected chi connectivity index (χ4v) is 3.30. The molecule has 2 aromatic rings. The van der Waals surface area contributed by atoms with Crippen molar-refractivity contribution in [1.29, 1.82) is 5.26 Å². The highest BCUT2D eigenvalue weighted by molar-refractivity contribution is 5.71. The topological polar surface area (TPSA) is 71.3 Å². The summed E-state index contributed by atoms with van der Waals surface area (Å²) in [6.07, 6.45) is 0.798. The van der Waals surface area contributed by atoms with E-state index in [1.807, 2.05) is 30.3 Å². The number of hydrogen-bond acceptors (Lipinski definition) is 5. The van der Waals surface area contributed by atoms with E-state index >= 15 is 0 Å². The molecule has 0 bridgehead atoms. The molecule has 2 aromatic carbocycles. The Labute approximate surface area is 153 Å². The summed E-state index contributed by atoms with van der Waals surface area (Å²) in [4.78, 5) is 11.7. The van der Waals surface area contributed by atoms with Crippen LogP contribution < -0.4 is 10.1 Å². The summed E-state index contributed by atoms with van der Waals surface area (Å²) in [5.41, 5.74) is 2.81. The smallest absolute Gasteiger partial charge is 0.319 e. The molecule has 1 heterocycles. The third kappa shape index (κ3) is 4.22. The van der Waals surface area contributed by atoms with Crippen molar-refractivity contribution in [3.05, 3.63) is 65.2 Å². The van der Waals surface area contributed by atoms with E-state index in [-0.39, 0.29) is 24.5 Å². The molecule has 5 heteroatoms. The lowest BCUT2D eigenvalue weighted by Gasteiger charge is -2.34. The Morgan fingerprint density at radius 1 is 1.31 bits per heavy atom. The van der Waals surface area contributed by atoms with Crippen molar-refractivity contribution in [2.45, 2.75) is 25.3 Å². The Morgan fingerprint density at radius 2 is 2.12 bits per heavy atom. The molecule has 2 unspecified atom stereocenters. The summed E-state index contributed by atoms with van der Waals surface area (Å²) >= 11 is 0. The van der Waals surface area contributed by atoms with Crippen molar-refractivity contribution in [3.63, 3.8) is 0 Å². The molecule has 26 heavy (non-hydrogen) atoms. The summed E-state index contributed by atoms with van der Waals surface area (Å²) in [5, 5.41) is 12.5. The number of nitrogens with one attached hydrogen (secondary N) is 1. The van der Waals surface area contributed by atoms with E-state index in [9.17, 15) is 10.1 Å². The minimum absolute atomic E-state index is 0.0407. The number of ether oxygens (including phenoxy) is 2. The fraction of sp³-hybridized carbons (Fsp3) is 0.333. The maximum absolute atomic E-state index is 11.7. The lowest BCUT2D eigenvalue weighted by Crippen LogP contribution is -2.45. The van der Waals surface area contributed by atoms with Gasteiger partial charge in [0.05, 0.1) is 24.8 Å². The van der Waals surface area contributed by atoms with Crippen molar-refractivity contribution in [2.24, 2.45) is 0 Å². The molecule has 0 radical (unpaired) electrons. The van der Waals surface area contributed by atoms with Gasteiger partial charge in [-0.25, -0.2) is 0 Å². The molecule has 0 amide bonds. The first-order chi connectivity index (χ1) is 12.7. The van der Waals surface area contributed by atoms with E-state index in [1.54, 1.807) is 13.0 Å². The predicted octanol–water partition coefficient (Wildman–Crippen LogP) is 2.80. The quantitative estimate of drug-likeness (QED) is 0.811. The third-order valence-electron chi connectivity index (χ3n) is 4.55. The van der Waals surface area contributed by atoms with Crippen molar-refractivity contribution in [2.75, 3.05) is 19.8 Å². The molecule has 0 aliphatic carbocycles. The number of nitriles is 1. The van der Waals surface area contributed by atoms with Gasteiger partial charge in [-0.05, 0) is 37.1 Å². The van der Waals surface area contributed by atoms with E-state index in [2.05, 4.69) is 23.5 Å². The van der Waals surface area contributed by atoms with Gasteiger partial charge < -0.3 is 14.8 Å². The number of benzene rings is 2. The lowest BCUT2D eigenvalue weighted by atomic mass is 9.83. The van der Waals surface area contributed by atoms with E-state index in [4.69, 9.17) is 9.47 Å². The van der Waals surface area contributed by atoms with Crippen LogP contribution in [0.2, 0.25) is 0 Å². The molecule has 0 spiro atoms. The van der Waals surface area contributed by atoms with Gasteiger partial charge in [0.25, 0.3) is 0 Å². The minimum Gasteiger partial charge on any atom is -0.492 e.